The number of hydrogen-bond donors (Lipinski definition) is 1. The lowest BCUT2D eigenvalue weighted by molar-refractivity contribution is 0.291. The first kappa shape index (κ1) is 9.90. The second kappa shape index (κ2) is 3.35. The molecule has 0 saturated heterocycles. The van der Waals surface area contributed by atoms with Gasteiger partial charge in [-0.05, 0) is 18.9 Å². The van der Waals surface area contributed by atoms with Gasteiger partial charge in [-0.15, -0.1) is 0 Å². The van der Waals surface area contributed by atoms with Gasteiger partial charge in [0.1, 0.15) is 0 Å². The third-order valence-electron chi connectivity index (χ3n) is 3.17. The molecule has 3 rings (SSSR count). The van der Waals surface area contributed by atoms with Crippen LogP contribution in [-0.4, -0.2) is 13.2 Å². The van der Waals surface area contributed by atoms with Crippen LogP contribution in [0, 0.1) is 5.82 Å². The Hall–Kier alpha value is -1.29. The summed E-state index contributed by atoms with van der Waals surface area (Å²) in [4.78, 5) is 0. The van der Waals surface area contributed by atoms with Crippen molar-refractivity contribution >= 4 is 0 Å². The van der Waals surface area contributed by atoms with Crippen LogP contribution in [-0.2, 0) is 5.54 Å². The minimum atomic E-state index is -0.370. The van der Waals surface area contributed by atoms with E-state index in [0.29, 0.717) is 19.0 Å². The van der Waals surface area contributed by atoms with Crippen LogP contribution in [0.3, 0.4) is 0 Å². The summed E-state index contributed by atoms with van der Waals surface area (Å²) < 4.78 is 24.6. The SMILES string of the molecule is NC1(c2ccc(F)c3c2OCCCO3)CC1. The Morgan fingerprint density at radius 1 is 1.12 bits per heavy atom. The highest BCUT2D eigenvalue weighted by molar-refractivity contribution is 5.52. The van der Waals surface area contributed by atoms with Gasteiger partial charge >= 0.3 is 0 Å². The van der Waals surface area contributed by atoms with Crippen LogP contribution >= 0.6 is 0 Å². The van der Waals surface area contributed by atoms with E-state index in [1.807, 2.05) is 0 Å². The molecule has 0 bridgehead atoms. The molecule has 1 heterocycles. The molecule has 0 atom stereocenters. The van der Waals surface area contributed by atoms with Gasteiger partial charge < -0.3 is 15.2 Å². The quantitative estimate of drug-likeness (QED) is 0.791. The minimum Gasteiger partial charge on any atom is -0.489 e. The molecule has 1 aromatic rings. The van der Waals surface area contributed by atoms with E-state index in [1.54, 1.807) is 6.07 Å². The fraction of sp³-hybridized carbons (Fsp3) is 0.500. The Balaban J connectivity index is 2.13. The maximum Gasteiger partial charge on any atom is 0.197 e. The Bertz CT molecular complexity index is 429. The van der Waals surface area contributed by atoms with Crippen LogP contribution in [0.15, 0.2) is 12.1 Å². The normalized spacial score (nSPS) is 21.4. The molecule has 0 unspecified atom stereocenters. The van der Waals surface area contributed by atoms with Crippen LogP contribution in [0.2, 0.25) is 0 Å². The lowest BCUT2D eigenvalue weighted by Gasteiger charge is -2.17. The highest BCUT2D eigenvalue weighted by Crippen LogP contribution is 2.50. The third-order valence-corrected chi connectivity index (χ3v) is 3.17. The second-order valence-corrected chi connectivity index (χ2v) is 4.46. The van der Waals surface area contributed by atoms with Gasteiger partial charge in [0.25, 0.3) is 0 Å². The summed E-state index contributed by atoms with van der Waals surface area (Å²) in [5.74, 6) is 0.370. The van der Waals surface area contributed by atoms with Crippen molar-refractivity contribution in [3.63, 3.8) is 0 Å². The molecular formula is C12H14FNO2. The lowest BCUT2D eigenvalue weighted by Crippen LogP contribution is -2.20. The summed E-state index contributed by atoms with van der Waals surface area (Å²) in [6, 6.07) is 3.13. The minimum absolute atomic E-state index is 0.228. The van der Waals surface area contributed by atoms with Gasteiger partial charge in [-0.3, -0.25) is 0 Å². The molecule has 1 aliphatic heterocycles. The second-order valence-electron chi connectivity index (χ2n) is 4.46. The first-order valence-electron chi connectivity index (χ1n) is 5.58. The molecule has 3 nitrogen and oxygen atoms in total. The van der Waals surface area contributed by atoms with Crippen molar-refractivity contribution in [2.75, 3.05) is 13.2 Å². The van der Waals surface area contributed by atoms with Gasteiger partial charge in [0.05, 0.1) is 13.2 Å². The molecule has 16 heavy (non-hydrogen) atoms. The number of benzene rings is 1. The van der Waals surface area contributed by atoms with Crippen LogP contribution in [0.25, 0.3) is 0 Å². The molecule has 86 valence electrons. The number of nitrogens with two attached hydrogens (primary N) is 1. The van der Waals surface area contributed by atoms with Gasteiger partial charge in [-0.1, -0.05) is 6.07 Å². The standard InChI is InChI=1S/C12H14FNO2/c13-9-3-2-8(12(14)4-5-12)10-11(9)16-7-1-6-15-10/h2-3H,1,4-7,14H2. The highest BCUT2D eigenvalue weighted by atomic mass is 19.1. The summed E-state index contributed by atoms with van der Waals surface area (Å²) in [5, 5.41) is 0. The van der Waals surface area contributed by atoms with Gasteiger partial charge in [0.2, 0.25) is 0 Å². The van der Waals surface area contributed by atoms with Gasteiger partial charge in [-0.25, -0.2) is 4.39 Å². The van der Waals surface area contributed by atoms with E-state index in [2.05, 4.69) is 0 Å². The molecule has 1 aliphatic carbocycles. The topological polar surface area (TPSA) is 44.5 Å². The zero-order valence-corrected chi connectivity index (χ0v) is 8.96. The average Bonchev–Trinajstić information content (AvgIpc) is 3.03. The highest BCUT2D eigenvalue weighted by Gasteiger charge is 2.43. The molecule has 0 amide bonds. The van der Waals surface area contributed by atoms with Crippen LogP contribution in [0.1, 0.15) is 24.8 Å². The van der Waals surface area contributed by atoms with Crippen molar-refractivity contribution in [2.45, 2.75) is 24.8 Å². The van der Waals surface area contributed by atoms with Gasteiger partial charge in [0, 0.05) is 17.5 Å². The van der Waals surface area contributed by atoms with E-state index >= 15 is 0 Å². The number of fused-ring (bicyclic) bond motifs is 1. The Morgan fingerprint density at radius 2 is 1.81 bits per heavy atom. The maximum atomic E-state index is 13.6. The zero-order valence-electron chi connectivity index (χ0n) is 8.96. The smallest absolute Gasteiger partial charge is 0.197 e. The predicted molar refractivity (Wildman–Crippen MR) is 57.1 cm³/mol. The molecule has 4 heteroatoms. The van der Waals surface area contributed by atoms with Crippen LogP contribution in [0.4, 0.5) is 4.39 Å². The van der Waals surface area contributed by atoms with E-state index in [0.717, 1.165) is 24.8 Å². The van der Waals surface area contributed by atoms with Crippen LogP contribution < -0.4 is 15.2 Å². The third kappa shape index (κ3) is 1.45. The van der Waals surface area contributed by atoms with Gasteiger partial charge in [-0.2, -0.15) is 0 Å². The predicted octanol–water partition coefficient (Wildman–Crippen LogP) is 1.93. The maximum absolute atomic E-state index is 13.6. The number of ether oxygens (including phenoxy) is 2. The average molecular weight is 223 g/mol. The van der Waals surface area contributed by atoms with Crippen molar-refractivity contribution in [3.8, 4) is 11.5 Å². The van der Waals surface area contributed by atoms with E-state index in [1.165, 1.54) is 6.07 Å². The number of halogens is 1. The summed E-state index contributed by atoms with van der Waals surface area (Å²) >= 11 is 0. The van der Waals surface area contributed by atoms with E-state index in [4.69, 9.17) is 15.2 Å². The Morgan fingerprint density at radius 3 is 2.50 bits per heavy atom. The Labute approximate surface area is 93.3 Å². The number of hydrogen-bond acceptors (Lipinski definition) is 3. The van der Waals surface area contributed by atoms with Gasteiger partial charge in [0.15, 0.2) is 17.3 Å². The summed E-state index contributed by atoms with van der Waals surface area (Å²) in [6.07, 6.45) is 2.62. The lowest BCUT2D eigenvalue weighted by atomic mass is 10.0. The van der Waals surface area contributed by atoms with E-state index in [9.17, 15) is 4.39 Å². The molecule has 0 aromatic heterocycles. The van der Waals surface area contributed by atoms with Crippen LogP contribution in [0.5, 0.6) is 11.5 Å². The van der Waals surface area contributed by atoms with E-state index in [-0.39, 0.29) is 17.1 Å². The molecule has 0 radical (unpaired) electrons. The molecule has 0 spiro atoms. The van der Waals surface area contributed by atoms with Crippen molar-refractivity contribution in [2.24, 2.45) is 5.73 Å². The fourth-order valence-electron chi connectivity index (χ4n) is 2.02. The van der Waals surface area contributed by atoms with Crippen molar-refractivity contribution in [1.29, 1.82) is 0 Å². The Kier molecular flexibility index (Phi) is 2.07. The first-order chi connectivity index (χ1) is 7.71. The largest absolute Gasteiger partial charge is 0.489 e. The van der Waals surface area contributed by atoms with E-state index < -0.39 is 0 Å². The van der Waals surface area contributed by atoms with Crippen molar-refractivity contribution < 1.29 is 13.9 Å². The molecular weight excluding hydrogens is 209 g/mol. The first-order valence-corrected chi connectivity index (χ1v) is 5.58. The zero-order chi connectivity index (χ0) is 11.2. The molecule has 2 aliphatic rings. The number of rotatable bonds is 1. The fourth-order valence-corrected chi connectivity index (χ4v) is 2.02. The molecule has 1 aromatic carbocycles. The van der Waals surface area contributed by atoms with Crippen molar-refractivity contribution in [1.82, 2.24) is 0 Å². The molecule has 1 fully saturated rings. The molecule has 2 N–H and O–H groups in total. The van der Waals surface area contributed by atoms with Crippen molar-refractivity contribution in [3.05, 3.63) is 23.5 Å². The summed E-state index contributed by atoms with van der Waals surface area (Å²) in [5.41, 5.74) is 6.69. The summed E-state index contributed by atoms with van der Waals surface area (Å²) in [6.45, 7) is 1.05. The molecule has 1 saturated carbocycles. The summed E-state index contributed by atoms with van der Waals surface area (Å²) in [7, 11) is 0. The monoisotopic (exact) mass is 223 g/mol.